The summed E-state index contributed by atoms with van der Waals surface area (Å²) in [6, 6.07) is 2.64. The van der Waals surface area contributed by atoms with Gasteiger partial charge >= 0.3 is 0 Å². The summed E-state index contributed by atoms with van der Waals surface area (Å²) in [7, 11) is 0. The third-order valence-corrected chi connectivity index (χ3v) is 2.47. The maximum Gasteiger partial charge on any atom is 0.200 e. The van der Waals surface area contributed by atoms with Crippen LogP contribution in [0.1, 0.15) is 0 Å². The third-order valence-electron chi connectivity index (χ3n) is 2.47. The van der Waals surface area contributed by atoms with Gasteiger partial charge in [-0.2, -0.15) is 0 Å². The fraction of sp³-hybridized carbons (Fsp3) is 0. The van der Waals surface area contributed by atoms with E-state index in [9.17, 15) is 26.3 Å². The van der Waals surface area contributed by atoms with Gasteiger partial charge in [0.15, 0.2) is 23.3 Å². The predicted octanol–water partition coefficient (Wildman–Crippen LogP) is 3.77. The summed E-state index contributed by atoms with van der Waals surface area (Å²) < 4.78 is 79.3. The van der Waals surface area contributed by atoms with Crippen LogP contribution in [0.25, 0.3) is 11.1 Å². The summed E-state index contributed by atoms with van der Waals surface area (Å²) in [6.07, 6.45) is 0. The molecule has 1 nitrogen and oxygen atoms in total. The van der Waals surface area contributed by atoms with Crippen molar-refractivity contribution in [3.8, 4) is 11.1 Å². The highest BCUT2D eigenvalue weighted by Gasteiger charge is 2.27. The second-order valence-corrected chi connectivity index (χ2v) is 3.68. The molecule has 0 aliphatic heterocycles. The first-order valence-corrected chi connectivity index (χ1v) is 4.91. The Morgan fingerprint density at radius 1 is 0.684 bits per heavy atom. The molecular formula is C12H5F6N. The molecule has 0 heterocycles. The molecule has 0 aliphatic carbocycles. The Balaban J connectivity index is 2.87. The minimum absolute atomic E-state index is 0.0830. The van der Waals surface area contributed by atoms with Crippen molar-refractivity contribution in [3.05, 3.63) is 53.1 Å². The van der Waals surface area contributed by atoms with Gasteiger partial charge in [0.2, 0.25) is 5.82 Å². The molecule has 0 saturated heterocycles. The SMILES string of the molecule is Nc1ccc(F)c(-c2c(F)c(F)c(F)c(F)c2F)c1. The van der Waals surface area contributed by atoms with Crippen molar-refractivity contribution < 1.29 is 26.3 Å². The van der Waals surface area contributed by atoms with Crippen molar-refractivity contribution in [1.82, 2.24) is 0 Å². The summed E-state index contributed by atoms with van der Waals surface area (Å²) in [6.45, 7) is 0. The molecule has 2 aromatic rings. The zero-order valence-electron chi connectivity index (χ0n) is 9.08. The molecule has 100 valence electrons. The summed E-state index contributed by atoms with van der Waals surface area (Å²) >= 11 is 0. The fourth-order valence-electron chi connectivity index (χ4n) is 1.58. The van der Waals surface area contributed by atoms with E-state index in [-0.39, 0.29) is 5.69 Å². The normalized spacial score (nSPS) is 10.8. The summed E-state index contributed by atoms with van der Waals surface area (Å²) in [5.74, 6) is -12.0. The van der Waals surface area contributed by atoms with Crippen molar-refractivity contribution in [2.75, 3.05) is 5.73 Å². The average molecular weight is 277 g/mol. The topological polar surface area (TPSA) is 26.0 Å². The van der Waals surface area contributed by atoms with Crippen LogP contribution >= 0.6 is 0 Å². The molecule has 19 heavy (non-hydrogen) atoms. The van der Waals surface area contributed by atoms with Gasteiger partial charge in [-0.15, -0.1) is 0 Å². The molecule has 0 spiro atoms. The number of rotatable bonds is 1. The van der Waals surface area contributed by atoms with Crippen LogP contribution in [0.4, 0.5) is 32.0 Å². The highest BCUT2D eigenvalue weighted by molar-refractivity contribution is 5.69. The largest absolute Gasteiger partial charge is 0.399 e. The molecule has 7 heteroatoms. The molecule has 0 atom stereocenters. The van der Waals surface area contributed by atoms with Gasteiger partial charge in [-0.25, -0.2) is 26.3 Å². The number of anilines is 1. The fourth-order valence-corrected chi connectivity index (χ4v) is 1.58. The lowest BCUT2D eigenvalue weighted by Crippen LogP contribution is -2.05. The van der Waals surface area contributed by atoms with E-state index in [2.05, 4.69) is 0 Å². The van der Waals surface area contributed by atoms with E-state index in [1.807, 2.05) is 0 Å². The van der Waals surface area contributed by atoms with Gasteiger partial charge in [-0.3, -0.25) is 0 Å². The molecule has 0 bridgehead atoms. The van der Waals surface area contributed by atoms with E-state index in [4.69, 9.17) is 5.73 Å². The first kappa shape index (κ1) is 13.3. The Hall–Kier alpha value is -2.18. The van der Waals surface area contributed by atoms with E-state index in [0.717, 1.165) is 18.2 Å². The molecule has 0 aromatic heterocycles. The first-order chi connectivity index (χ1) is 8.84. The number of nitrogens with two attached hydrogens (primary N) is 1. The first-order valence-electron chi connectivity index (χ1n) is 4.91. The van der Waals surface area contributed by atoms with Crippen molar-refractivity contribution in [2.24, 2.45) is 0 Å². The zero-order chi connectivity index (χ0) is 14.3. The lowest BCUT2D eigenvalue weighted by atomic mass is 10.0. The van der Waals surface area contributed by atoms with Crippen molar-refractivity contribution in [1.29, 1.82) is 0 Å². The highest BCUT2D eigenvalue weighted by atomic mass is 19.2. The quantitative estimate of drug-likeness (QED) is 0.365. The number of benzene rings is 2. The smallest absolute Gasteiger partial charge is 0.200 e. The Morgan fingerprint density at radius 3 is 1.68 bits per heavy atom. The van der Waals surface area contributed by atoms with Gasteiger partial charge in [0, 0.05) is 11.3 Å². The second kappa shape index (κ2) is 4.49. The molecule has 0 amide bonds. The summed E-state index contributed by atoms with van der Waals surface area (Å²) in [5.41, 5.74) is 3.07. The lowest BCUT2D eigenvalue weighted by Gasteiger charge is -2.09. The van der Waals surface area contributed by atoms with Crippen molar-refractivity contribution in [3.63, 3.8) is 0 Å². The number of hydrogen-bond donors (Lipinski definition) is 1. The van der Waals surface area contributed by atoms with Crippen LogP contribution in [-0.2, 0) is 0 Å². The van der Waals surface area contributed by atoms with Crippen LogP contribution in [0.5, 0.6) is 0 Å². The minimum Gasteiger partial charge on any atom is -0.399 e. The molecule has 0 fully saturated rings. The van der Waals surface area contributed by atoms with Crippen molar-refractivity contribution in [2.45, 2.75) is 0 Å². The average Bonchev–Trinajstić information content (AvgIpc) is 2.38. The Labute approximate surface area is 103 Å². The number of nitrogen functional groups attached to an aromatic ring is 1. The van der Waals surface area contributed by atoms with Crippen LogP contribution in [0.2, 0.25) is 0 Å². The number of halogens is 6. The molecule has 2 N–H and O–H groups in total. The highest BCUT2D eigenvalue weighted by Crippen LogP contribution is 2.33. The maximum absolute atomic E-state index is 13.5. The van der Waals surface area contributed by atoms with Crippen LogP contribution in [-0.4, -0.2) is 0 Å². The second-order valence-electron chi connectivity index (χ2n) is 3.68. The van der Waals surface area contributed by atoms with Crippen molar-refractivity contribution >= 4 is 5.69 Å². The van der Waals surface area contributed by atoms with Gasteiger partial charge in [0.1, 0.15) is 5.82 Å². The Bertz CT molecular complexity index is 639. The molecule has 0 aliphatic rings. The van der Waals surface area contributed by atoms with Crippen LogP contribution < -0.4 is 5.73 Å². The van der Waals surface area contributed by atoms with Gasteiger partial charge in [-0.1, -0.05) is 0 Å². The van der Waals surface area contributed by atoms with Crippen LogP contribution in [0, 0.1) is 34.9 Å². The molecule has 0 saturated carbocycles. The Morgan fingerprint density at radius 2 is 1.16 bits per heavy atom. The van der Waals surface area contributed by atoms with Crippen LogP contribution in [0.3, 0.4) is 0 Å². The van der Waals surface area contributed by atoms with E-state index in [0.29, 0.717) is 0 Å². The van der Waals surface area contributed by atoms with Gasteiger partial charge in [-0.05, 0) is 18.2 Å². The molecule has 0 radical (unpaired) electrons. The van der Waals surface area contributed by atoms with Gasteiger partial charge < -0.3 is 5.73 Å². The lowest BCUT2D eigenvalue weighted by molar-refractivity contribution is 0.381. The maximum atomic E-state index is 13.5. The van der Waals surface area contributed by atoms with E-state index in [1.165, 1.54) is 0 Å². The van der Waals surface area contributed by atoms with Crippen LogP contribution in [0.15, 0.2) is 18.2 Å². The minimum atomic E-state index is -2.30. The standard InChI is InChI=1S/C12H5F6N/c13-6-2-1-4(19)3-5(6)7-8(14)10(16)12(18)11(17)9(7)15/h1-3H,19H2. The van der Waals surface area contributed by atoms with E-state index in [1.54, 1.807) is 0 Å². The predicted molar refractivity (Wildman–Crippen MR) is 56.0 cm³/mol. The monoisotopic (exact) mass is 277 g/mol. The van der Waals surface area contributed by atoms with E-state index >= 15 is 0 Å². The molecule has 2 rings (SSSR count). The third kappa shape index (κ3) is 2.00. The zero-order valence-corrected chi connectivity index (χ0v) is 9.08. The Kier molecular flexibility index (Phi) is 3.13. The summed E-state index contributed by atoms with van der Waals surface area (Å²) in [5, 5.41) is 0. The summed E-state index contributed by atoms with van der Waals surface area (Å²) in [4.78, 5) is 0. The number of hydrogen-bond acceptors (Lipinski definition) is 1. The molecule has 2 aromatic carbocycles. The molecular weight excluding hydrogens is 272 g/mol. The molecule has 0 unspecified atom stereocenters. The van der Waals surface area contributed by atoms with Gasteiger partial charge in [0.05, 0.1) is 5.56 Å². The van der Waals surface area contributed by atoms with E-state index < -0.39 is 46.0 Å². The van der Waals surface area contributed by atoms with Gasteiger partial charge in [0.25, 0.3) is 0 Å².